The minimum atomic E-state index is -0.230. The van der Waals surface area contributed by atoms with E-state index in [4.69, 9.17) is 22.1 Å². The van der Waals surface area contributed by atoms with Gasteiger partial charge in [-0.15, -0.1) is 0 Å². The van der Waals surface area contributed by atoms with E-state index in [2.05, 4.69) is 11.2 Å². The average molecular weight is 237 g/mol. The molecule has 0 radical (unpaired) electrons. The van der Waals surface area contributed by atoms with Crippen LogP contribution in [0.4, 0.5) is 0 Å². The highest BCUT2D eigenvalue weighted by molar-refractivity contribution is 6.30. The molecule has 4 nitrogen and oxygen atoms in total. The first-order valence-electron chi connectivity index (χ1n) is 4.95. The van der Waals surface area contributed by atoms with Gasteiger partial charge in [0.15, 0.2) is 0 Å². The molecule has 0 saturated heterocycles. The van der Waals surface area contributed by atoms with Crippen LogP contribution in [-0.2, 0) is 12.0 Å². The van der Waals surface area contributed by atoms with Gasteiger partial charge in [0.2, 0.25) is 0 Å². The van der Waals surface area contributed by atoms with E-state index in [1.54, 1.807) is 0 Å². The van der Waals surface area contributed by atoms with Crippen molar-refractivity contribution in [3.8, 4) is 12.1 Å². The van der Waals surface area contributed by atoms with Gasteiger partial charge < -0.3 is 0 Å². The summed E-state index contributed by atoms with van der Waals surface area (Å²) < 4.78 is 1.52. The topological polar surface area (TPSA) is 65.4 Å². The van der Waals surface area contributed by atoms with Gasteiger partial charge in [0.25, 0.3) is 0 Å². The van der Waals surface area contributed by atoms with Crippen LogP contribution in [0.15, 0.2) is 0 Å². The van der Waals surface area contributed by atoms with Gasteiger partial charge in [-0.1, -0.05) is 32.4 Å². The Morgan fingerprint density at radius 3 is 2.38 bits per heavy atom. The SMILES string of the molecule is CC(C)(C)c1nn(CCC#N)c(Cl)c1C#N. The molecule has 0 aliphatic carbocycles. The molecule has 1 aromatic rings. The summed E-state index contributed by atoms with van der Waals surface area (Å²) in [5, 5.41) is 22.2. The monoisotopic (exact) mass is 236 g/mol. The predicted molar refractivity (Wildman–Crippen MR) is 60.9 cm³/mol. The number of nitriles is 2. The summed E-state index contributed by atoms with van der Waals surface area (Å²) in [4.78, 5) is 0. The fraction of sp³-hybridized carbons (Fsp3) is 0.545. The summed E-state index contributed by atoms with van der Waals surface area (Å²) in [6.07, 6.45) is 0.329. The molecule has 0 fully saturated rings. The van der Waals surface area contributed by atoms with Crippen molar-refractivity contribution in [2.24, 2.45) is 0 Å². The van der Waals surface area contributed by atoms with Crippen LogP contribution in [0.3, 0.4) is 0 Å². The van der Waals surface area contributed by atoms with E-state index in [-0.39, 0.29) is 5.41 Å². The zero-order valence-corrected chi connectivity index (χ0v) is 10.3. The molecule has 5 heteroatoms. The van der Waals surface area contributed by atoms with Gasteiger partial charge in [0, 0.05) is 5.41 Å². The zero-order chi connectivity index (χ0) is 12.3. The summed E-state index contributed by atoms with van der Waals surface area (Å²) in [6.45, 7) is 6.34. The lowest BCUT2D eigenvalue weighted by molar-refractivity contribution is 0.534. The highest BCUT2D eigenvalue weighted by Crippen LogP contribution is 2.29. The Balaban J connectivity index is 3.23. The van der Waals surface area contributed by atoms with Crippen LogP contribution in [0.2, 0.25) is 5.15 Å². The van der Waals surface area contributed by atoms with Crippen molar-refractivity contribution in [2.45, 2.75) is 39.2 Å². The Morgan fingerprint density at radius 2 is 2.00 bits per heavy atom. The number of hydrogen-bond acceptors (Lipinski definition) is 3. The number of rotatable bonds is 2. The van der Waals surface area contributed by atoms with Crippen molar-refractivity contribution >= 4 is 11.6 Å². The zero-order valence-electron chi connectivity index (χ0n) is 9.58. The lowest BCUT2D eigenvalue weighted by atomic mass is 9.90. The molecule has 1 aromatic heterocycles. The summed E-state index contributed by atoms with van der Waals surface area (Å²) in [5.74, 6) is 0. The second-order valence-corrected chi connectivity index (χ2v) is 4.87. The molecule has 16 heavy (non-hydrogen) atoms. The molecule has 0 aromatic carbocycles. The quantitative estimate of drug-likeness (QED) is 0.793. The van der Waals surface area contributed by atoms with Gasteiger partial charge >= 0.3 is 0 Å². The molecular weight excluding hydrogens is 224 g/mol. The van der Waals surface area contributed by atoms with Gasteiger partial charge in [0.05, 0.1) is 24.7 Å². The van der Waals surface area contributed by atoms with Gasteiger partial charge in [-0.05, 0) is 0 Å². The van der Waals surface area contributed by atoms with Crippen LogP contribution in [-0.4, -0.2) is 9.78 Å². The third kappa shape index (κ3) is 2.35. The van der Waals surface area contributed by atoms with E-state index in [1.165, 1.54) is 4.68 Å². The Labute approximate surface area is 100 Å². The lowest BCUT2D eigenvalue weighted by Crippen LogP contribution is -2.14. The minimum absolute atomic E-state index is 0.230. The number of hydrogen-bond donors (Lipinski definition) is 0. The highest BCUT2D eigenvalue weighted by Gasteiger charge is 2.25. The number of nitrogens with zero attached hydrogens (tertiary/aromatic N) is 4. The standard InChI is InChI=1S/C11H13ClN4/c1-11(2,3)9-8(7-14)10(12)16(15-9)6-4-5-13/h4,6H2,1-3H3. The second kappa shape index (κ2) is 4.55. The maximum atomic E-state index is 9.05. The second-order valence-electron chi connectivity index (χ2n) is 4.51. The van der Waals surface area contributed by atoms with Crippen molar-refractivity contribution in [2.75, 3.05) is 0 Å². The molecule has 1 rings (SSSR count). The van der Waals surface area contributed by atoms with Crippen LogP contribution in [0.25, 0.3) is 0 Å². The Hall–Kier alpha value is -1.52. The fourth-order valence-electron chi connectivity index (χ4n) is 1.37. The van der Waals surface area contributed by atoms with Crippen molar-refractivity contribution < 1.29 is 0 Å². The van der Waals surface area contributed by atoms with Crippen molar-refractivity contribution in [3.05, 3.63) is 16.4 Å². The first-order valence-corrected chi connectivity index (χ1v) is 5.33. The number of aryl methyl sites for hydroxylation is 1. The van der Waals surface area contributed by atoms with Crippen LogP contribution < -0.4 is 0 Å². The van der Waals surface area contributed by atoms with E-state index in [9.17, 15) is 0 Å². The van der Waals surface area contributed by atoms with E-state index in [0.717, 1.165) is 0 Å². The van der Waals surface area contributed by atoms with E-state index >= 15 is 0 Å². The third-order valence-corrected chi connectivity index (χ3v) is 2.53. The Kier molecular flexibility index (Phi) is 3.57. The molecule has 0 saturated carbocycles. The summed E-state index contributed by atoms with van der Waals surface area (Å²) >= 11 is 6.04. The summed E-state index contributed by atoms with van der Waals surface area (Å²) in [6, 6.07) is 4.10. The number of halogens is 1. The lowest BCUT2D eigenvalue weighted by Gasteiger charge is -2.14. The molecule has 0 unspecified atom stereocenters. The van der Waals surface area contributed by atoms with E-state index in [1.807, 2.05) is 26.8 Å². The smallest absolute Gasteiger partial charge is 0.145 e. The van der Waals surface area contributed by atoms with Crippen molar-refractivity contribution in [1.29, 1.82) is 10.5 Å². The van der Waals surface area contributed by atoms with Gasteiger partial charge in [0.1, 0.15) is 16.8 Å². The molecule has 1 heterocycles. The first-order chi connectivity index (χ1) is 7.41. The molecule has 0 bridgehead atoms. The van der Waals surface area contributed by atoms with E-state index < -0.39 is 0 Å². The third-order valence-electron chi connectivity index (χ3n) is 2.15. The molecule has 0 spiro atoms. The maximum Gasteiger partial charge on any atom is 0.145 e. The van der Waals surface area contributed by atoms with Crippen molar-refractivity contribution in [1.82, 2.24) is 9.78 Å². The highest BCUT2D eigenvalue weighted by atomic mass is 35.5. The minimum Gasteiger partial charge on any atom is -0.251 e. The number of aromatic nitrogens is 2. The molecule has 84 valence electrons. The Bertz CT molecular complexity index is 468. The largest absolute Gasteiger partial charge is 0.251 e. The van der Waals surface area contributed by atoms with E-state index in [0.29, 0.717) is 29.4 Å². The summed E-state index contributed by atoms with van der Waals surface area (Å²) in [7, 11) is 0. The van der Waals surface area contributed by atoms with Crippen LogP contribution in [0.5, 0.6) is 0 Å². The molecule has 0 aliphatic rings. The van der Waals surface area contributed by atoms with Crippen LogP contribution in [0, 0.1) is 22.7 Å². The molecule has 0 atom stereocenters. The molecule has 0 amide bonds. The predicted octanol–water partition coefficient (Wildman–Crippen LogP) is 2.62. The molecule has 0 N–H and O–H groups in total. The van der Waals surface area contributed by atoms with Crippen LogP contribution >= 0.6 is 11.6 Å². The maximum absolute atomic E-state index is 9.05. The van der Waals surface area contributed by atoms with Crippen LogP contribution in [0.1, 0.15) is 38.4 Å². The van der Waals surface area contributed by atoms with Gasteiger partial charge in [-0.2, -0.15) is 15.6 Å². The van der Waals surface area contributed by atoms with Gasteiger partial charge in [-0.3, -0.25) is 4.68 Å². The summed E-state index contributed by atoms with van der Waals surface area (Å²) in [5.41, 5.74) is 0.858. The average Bonchev–Trinajstić information content (AvgIpc) is 2.51. The van der Waals surface area contributed by atoms with Crippen molar-refractivity contribution in [3.63, 3.8) is 0 Å². The van der Waals surface area contributed by atoms with Gasteiger partial charge in [-0.25, -0.2) is 0 Å². The first kappa shape index (κ1) is 12.5. The molecule has 0 aliphatic heterocycles. The molecular formula is C11H13ClN4. The fourth-order valence-corrected chi connectivity index (χ4v) is 1.62. The Morgan fingerprint density at radius 1 is 1.38 bits per heavy atom. The normalized spacial score (nSPS) is 10.9.